The molecule has 2 fully saturated rings. The van der Waals surface area contributed by atoms with Crippen LogP contribution in [-0.4, -0.2) is 53.4 Å². The highest BCUT2D eigenvalue weighted by molar-refractivity contribution is 6.32. The smallest absolute Gasteiger partial charge is 0.417 e. The first-order valence-electron chi connectivity index (χ1n) is 8.78. The van der Waals surface area contributed by atoms with E-state index in [1.165, 1.54) is 0 Å². The van der Waals surface area contributed by atoms with Gasteiger partial charge in [-0.3, -0.25) is 4.79 Å². The monoisotopic (exact) mass is 381 g/mol. The Morgan fingerprint density at radius 2 is 2.00 bits per heavy atom. The van der Waals surface area contributed by atoms with Gasteiger partial charge in [0.1, 0.15) is 12.0 Å². The number of carbonyl (C=O) groups excluding carboxylic acids is 2. The third kappa shape index (κ3) is 4.03. The number of imide groups is 1. The molecule has 2 heterocycles. The molecule has 0 bridgehead atoms. The molecule has 2 aliphatic heterocycles. The van der Waals surface area contributed by atoms with Crippen LogP contribution >= 0.6 is 11.6 Å². The van der Waals surface area contributed by atoms with Crippen LogP contribution in [0, 0.1) is 5.92 Å². The van der Waals surface area contributed by atoms with Gasteiger partial charge in [0.15, 0.2) is 5.79 Å². The van der Waals surface area contributed by atoms with Gasteiger partial charge in [-0.1, -0.05) is 37.3 Å². The number of nitrogens with zero attached hydrogens (tertiary/aromatic N) is 1. The SMILES string of the molecule is C[C@@H]([C@H](Cl)C(=O)N1C(=O)OC[C@@H]1Cc1ccccc1)[C@H]1COC(C)(C)O1. The molecule has 2 saturated heterocycles. The number of carbonyl (C=O) groups is 2. The van der Waals surface area contributed by atoms with Gasteiger partial charge in [-0.15, -0.1) is 11.6 Å². The predicted octanol–water partition coefficient (Wildman–Crippen LogP) is 2.97. The van der Waals surface area contributed by atoms with Gasteiger partial charge in [-0.2, -0.15) is 0 Å². The molecule has 0 unspecified atom stereocenters. The highest BCUT2D eigenvalue weighted by Gasteiger charge is 2.45. The molecule has 0 N–H and O–H groups in total. The summed E-state index contributed by atoms with van der Waals surface area (Å²) in [6.07, 6.45) is -0.410. The Bertz CT molecular complexity index is 665. The van der Waals surface area contributed by atoms with Crippen molar-refractivity contribution in [2.24, 2.45) is 5.92 Å². The maximum absolute atomic E-state index is 12.9. The van der Waals surface area contributed by atoms with Crippen molar-refractivity contribution in [1.82, 2.24) is 4.90 Å². The molecule has 2 aliphatic rings. The molecule has 4 atom stereocenters. The Kier molecular flexibility index (Phi) is 5.55. The number of ether oxygens (including phenoxy) is 3. The number of benzene rings is 1. The third-order valence-corrected chi connectivity index (χ3v) is 5.41. The second-order valence-electron chi connectivity index (χ2n) is 7.26. The van der Waals surface area contributed by atoms with Gasteiger partial charge >= 0.3 is 6.09 Å². The molecule has 0 aromatic heterocycles. The molecule has 1 aromatic rings. The van der Waals surface area contributed by atoms with Crippen LogP contribution in [0.25, 0.3) is 0 Å². The number of alkyl halides is 1. The van der Waals surface area contributed by atoms with Crippen LogP contribution in [0.4, 0.5) is 4.79 Å². The summed E-state index contributed by atoms with van der Waals surface area (Å²) in [5.74, 6) is -1.45. The van der Waals surface area contributed by atoms with Gasteiger partial charge in [-0.05, 0) is 25.8 Å². The Labute approximate surface area is 158 Å². The first kappa shape index (κ1) is 19.1. The van der Waals surface area contributed by atoms with E-state index < -0.39 is 23.2 Å². The average molecular weight is 382 g/mol. The molecule has 6 nitrogen and oxygen atoms in total. The molecule has 7 heteroatoms. The minimum atomic E-state index is -0.901. The summed E-state index contributed by atoms with van der Waals surface area (Å²) in [6.45, 7) is 6.01. The van der Waals surface area contributed by atoms with Crippen LogP contribution in [0.15, 0.2) is 30.3 Å². The topological polar surface area (TPSA) is 65.1 Å². The Morgan fingerprint density at radius 3 is 2.62 bits per heavy atom. The number of hydrogen-bond acceptors (Lipinski definition) is 5. The Hall–Kier alpha value is -1.63. The van der Waals surface area contributed by atoms with Crippen LogP contribution in [-0.2, 0) is 25.4 Å². The van der Waals surface area contributed by atoms with Crippen LogP contribution in [0.3, 0.4) is 0 Å². The number of hydrogen-bond donors (Lipinski definition) is 0. The van der Waals surface area contributed by atoms with Gasteiger partial charge in [0.2, 0.25) is 0 Å². The normalized spacial score (nSPS) is 27.2. The molecule has 26 heavy (non-hydrogen) atoms. The summed E-state index contributed by atoms with van der Waals surface area (Å²) >= 11 is 6.43. The van der Waals surface area contributed by atoms with E-state index in [4.69, 9.17) is 25.8 Å². The zero-order valence-corrected chi connectivity index (χ0v) is 15.9. The lowest BCUT2D eigenvalue weighted by molar-refractivity contribution is -0.147. The molecule has 0 radical (unpaired) electrons. The fourth-order valence-corrected chi connectivity index (χ4v) is 3.56. The van der Waals surface area contributed by atoms with E-state index >= 15 is 0 Å². The van der Waals surface area contributed by atoms with Gasteiger partial charge in [0.25, 0.3) is 5.91 Å². The van der Waals surface area contributed by atoms with Gasteiger partial charge in [0, 0.05) is 5.92 Å². The summed E-state index contributed by atoms with van der Waals surface area (Å²) in [5.41, 5.74) is 1.03. The lowest BCUT2D eigenvalue weighted by Crippen LogP contribution is -2.47. The minimum absolute atomic E-state index is 0.174. The van der Waals surface area contributed by atoms with E-state index in [1.54, 1.807) is 0 Å². The standard InChI is InChI=1S/C19H24ClNO5/c1-12(15-11-25-19(2,3)26-15)16(20)17(22)21-14(10-24-18(21)23)9-13-7-5-4-6-8-13/h4-8,12,14-16H,9-11H2,1-3H3/t12-,14+,15-,16+/m1/s1. The van der Waals surface area contributed by atoms with Crippen molar-refractivity contribution in [2.45, 2.75) is 50.5 Å². The van der Waals surface area contributed by atoms with Crippen molar-refractivity contribution >= 4 is 23.6 Å². The van der Waals surface area contributed by atoms with Crippen molar-refractivity contribution < 1.29 is 23.8 Å². The van der Waals surface area contributed by atoms with E-state index in [-0.39, 0.29) is 24.7 Å². The summed E-state index contributed by atoms with van der Waals surface area (Å²) in [5, 5.41) is -0.901. The summed E-state index contributed by atoms with van der Waals surface area (Å²) in [4.78, 5) is 26.2. The van der Waals surface area contributed by atoms with E-state index in [2.05, 4.69) is 0 Å². The van der Waals surface area contributed by atoms with Crippen molar-refractivity contribution in [3.63, 3.8) is 0 Å². The third-order valence-electron chi connectivity index (χ3n) is 4.83. The van der Waals surface area contributed by atoms with Gasteiger partial charge in [0.05, 0.1) is 18.8 Å². The molecule has 0 saturated carbocycles. The largest absolute Gasteiger partial charge is 0.447 e. The molecule has 3 rings (SSSR count). The second-order valence-corrected chi connectivity index (χ2v) is 7.73. The van der Waals surface area contributed by atoms with Crippen LogP contribution in [0.1, 0.15) is 26.3 Å². The summed E-state index contributed by atoms with van der Waals surface area (Å²) in [7, 11) is 0. The summed E-state index contributed by atoms with van der Waals surface area (Å²) in [6, 6.07) is 9.32. The van der Waals surface area contributed by atoms with Crippen molar-refractivity contribution in [1.29, 1.82) is 0 Å². The van der Waals surface area contributed by atoms with E-state index in [9.17, 15) is 9.59 Å². The molecular formula is C19H24ClNO5. The van der Waals surface area contributed by atoms with Crippen molar-refractivity contribution in [2.75, 3.05) is 13.2 Å². The highest BCUT2D eigenvalue weighted by atomic mass is 35.5. The molecule has 2 amide bonds. The lowest BCUT2D eigenvalue weighted by atomic mass is 9.99. The van der Waals surface area contributed by atoms with Gasteiger partial charge in [-0.25, -0.2) is 9.69 Å². The molecule has 0 aliphatic carbocycles. The Balaban J connectivity index is 1.69. The molecule has 1 aromatic carbocycles. The van der Waals surface area contributed by atoms with E-state index in [0.717, 1.165) is 10.5 Å². The zero-order chi connectivity index (χ0) is 18.9. The average Bonchev–Trinajstić information content (AvgIpc) is 3.16. The highest BCUT2D eigenvalue weighted by Crippen LogP contribution is 2.31. The van der Waals surface area contributed by atoms with Crippen LogP contribution < -0.4 is 0 Å². The van der Waals surface area contributed by atoms with Crippen LogP contribution in [0.5, 0.6) is 0 Å². The number of cyclic esters (lactones) is 1. The Morgan fingerprint density at radius 1 is 1.31 bits per heavy atom. The first-order chi connectivity index (χ1) is 12.3. The molecule has 0 spiro atoms. The predicted molar refractivity (Wildman–Crippen MR) is 95.8 cm³/mol. The van der Waals surface area contributed by atoms with Crippen molar-refractivity contribution in [3.05, 3.63) is 35.9 Å². The van der Waals surface area contributed by atoms with E-state index in [1.807, 2.05) is 51.1 Å². The quantitative estimate of drug-likeness (QED) is 0.733. The zero-order valence-electron chi connectivity index (χ0n) is 15.2. The maximum Gasteiger partial charge on any atom is 0.417 e. The van der Waals surface area contributed by atoms with Gasteiger partial charge < -0.3 is 14.2 Å². The minimum Gasteiger partial charge on any atom is -0.447 e. The van der Waals surface area contributed by atoms with Crippen LogP contribution in [0.2, 0.25) is 0 Å². The first-order valence-corrected chi connectivity index (χ1v) is 9.22. The lowest BCUT2D eigenvalue weighted by Gasteiger charge is -2.27. The number of amides is 2. The fraction of sp³-hybridized carbons (Fsp3) is 0.579. The number of rotatable bonds is 5. The van der Waals surface area contributed by atoms with Crippen molar-refractivity contribution in [3.8, 4) is 0 Å². The van der Waals surface area contributed by atoms with E-state index in [0.29, 0.717) is 13.0 Å². The second kappa shape index (κ2) is 7.55. The molecule has 142 valence electrons. The fourth-order valence-electron chi connectivity index (χ4n) is 3.29. The summed E-state index contributed by atoms with van der Waals surface area (Å²) < 4.78 is 16.5. The molecular weight excluding hydrogens is 358 g/mol. The maximum atomic E-state index is 12.9. The number of halogens is 1.